The summed E-state index contributed by atoms with van der Waals surface area (Å²) in [6.45, 7) is 3.67. The molecule has 50 valence electrons. The van der Waals surface area contributed by atoms with Crippen molar-refractivity contribution in [2.75, 3.05) is 0 Å². The Bertz CT molecular complexity index is 406. The van der Waals surface area contributed by atoms with Gasteiger partial charge in [0.05, 0.1) is 5.35 Å². The van der Waals surface area contributed by atoms with Crippen LogP contribution in [-0.2, 0) is 0 Å². The molecule has 2 rings (SSSR count). The van der Waals surface area contributed by atoms with E-state index in [0.29, 0.717) is 5.52 Å². The van der Waals surface area contributed by atoms with Crippen molar-refractivity contribution >= 4 is 12.1 Å². The maximum atomic E-state index is 9.00. The minimum absolute atomic E-state index is 0.0464. The van der Waals surface area contributed by atoms with E-state index in [0.717, 1.165) is 5.35 Å². The molecule has 0 saturated heterocycles. The molecular formula is C6H5N3O. The molecule has 0 aromatic carbocycles. The predicted molar refractivity (Wildman–Crippen MR) is 35.4 cm³/mol. The van der Waals surface area contributed by atoms with Gasteiger partial charge in [-0.3, -0.25) is 0 Å². The Morgan fingerprint density at radius 2 is 2.30 bits per heavy atom. The smallest absolute Gasteiger partial charge is 0.259 e. The van der Waals surface area contributed by atoms with Gasteiger partial charge in [0.25, 0.3) is 5.88 Å². The van der Waals surface area contributed by atoms with Crippen LogP contribution in [-0.4, -0.2) is 19.9 Å². The number of aromatic hydroxyl groups is 1. The summed E-state index contributed by atoms with van der Waals surface area (Å²) in [5.41, 5.74) is 0.602. The van der Waals surface area contributed by atoms with Crippen molar-refractivity contribution in [3.8, 4) is 5.88 Å². The topological polar surface area (TPSA) is 50.4 Å². The van der Waals surface area contributed by atoms with E-state index in [1.165, 1.54) is 4.52 Å². The van der Waals surface area contributed by atoms with Gasteiger partial charge in [-0.05, 0) is 12.1 Å². The lowest BCUT2D eigenvalue weighted by atomic mass is 10.5. The molecule has 4 nitrogen and oxygen atoms in total. The zero-order chi connectivity index (χ0) is 7.14. The van der Waals surface area contributed by atoms with E-state index in [4.69, 9.17) is 5.11 Å². The average molecular weight is 135 g/mol. The van der Waals surface area contributed by atoms with Crippen LogP contribution < -0.4 is 5.35 Å². The van der Waals surface area contributed by atoms with Gasteiger partial charge < -0.3 is 5.11 Å². The van der Waals surface area contributed by atoms with Gasteiger partial charge >= 0.3 is 0 Å². The van der Waals surface area contributed by atoms with Crippen LogP contribution in [0.5, 0.6) is 5.88 Å². The van der Waals surface area contributed by atoms with Gasteiger partial charge in [-0.25, -0.2) is 4.52 Å². The van der Waals surface area contributed by atoms with Gasteiger partial charge in [-0.15, -0.1) is 0 Å². The molecule has 0 aliphatic heterocycles. The second-order valence-corrected chi connectivity index (χ2v) is 2.03. The van der Waals surface area contributed by atoms with Crippen molar-refractivity contribution < 1.29 is 5.11 Å². The maximum absolute atomic E-state index is 9.00. The zero-order valence-corrected chi connectivity index (χ0v) is 5.15. The summed E-state index contributed by atoms with van der Waals surface area (Å²) in [5, 5.41) is 16.8. The van der Waals surface area contributed by atoms with Gasteiger partial charge in [-0.2, -0.15) is 0 Å². The maximum Gasteiger partial charge on any atom is 0.259 e. The minimum Gasteiger partial charge on any atom is -0.491 e. The molecule has 0 aliphatic carbocycles. The lowest BCUT2D eigenvalue weighted by molar-refractivity contribution is 0.457. The molecule has 0 spiro atoms. The molecule has 0 unspecified atom stereocenters. The lowest BCUT2D eigenvalue weighted by Crippen LogP contribution is -2.05. The summed E-state index contributed by atoms with van der Waals surface area (Å²) in [6.07, 6.45) is 0. The number of rotatable bonds is 0. The second kappa shape index (κ2) is 1.47. The number of fused-ring (bicyclic) bond motifs is 1. The number of hydrogen-bond donors (Lipinski definition) is 1. The highest BCUT2D eigenvalue weighted by Crippen LogP contribution is 2.10. The van der Waals surface area contributed by atoms with Crippen molar-refractivity contribution in [1.82, 2.24) is 14.8 Å². The fraction of sp³-hybridized carbons (Fsp3) is 0. The molecule has 0 saturated carbocycles. The number of hydrogen-bond acceptors (Lipinski definition) is 3. The second-order valence-electron chi connectivity index (χ2n) is 2.03. The van der Waals surface area contributed by atoms with E-state index in [1.54, 1.807) is 12.1 Å². The first kappa shape index (κ1) is 5.22. The molecule has 2 heterocycles. The Morgan fingerprint density at radius 1 is 1.50 bits per heavy atom. The molecular weight excluding hydrogens is 130 g/mol. The molecule has 10 heavy (non-hydrogen) atoms. The first-order valence-corrected chi connectivity index (χ1v) is 2.81. The Hall–Kier alpha value is -1.58. The molecule has 0 bridgehead atoms. The van der Waals surface area contributed by atoms with Gasteiger partial charge in [0.1, 0.15) is 5.52 Å². The van der Waals surface area contributed by atoms with E-state index in [9.17, 15) is 0 Å². The summed E-state index contributed by atoms with van der Waals surface area (Å²) >= 11 is 0. The van der Waals surface area contributed by atoms with Gasteiger partial charge in [0, 0.05) is 0 Å². The summed E-state index contributed by atoms with van der Waals surface area (Å²) in [7, 11) is 0. The van der Waals surface area contributed by atoms with Gasteiger partial charge in [-0.1, -0.05) is 16.9 Å². The molecule has 2 aromatic rings. The monoisotopic (exact) mass is 135 g/mol. The highest BCUT2D eigenvalue weighted by Gasteiger charge is 2.02. The number of aromatic nitrogens is 3. The van der Waals surface area contributed by atoms with Crippen molar-refractivity contribution in [3.05, 3.63) is 17.5 Å². The average Bonchev–Trinajstić information content (AvgIpc) is 2.41. The Labute approximate surface area is 56.4 Å². The quantitative estimate of drug-likeness (QED) is 0.533. The number of nitrogens with zero attached hydrogens (tertiary/aromatic N) is 3. The summed E-state index contributed by atoms with van der Waals surface area (Å²) in [5.74, 6) is -0.0464. The van der Waals surface area contributed by atoms with Crippen LogP contribution in [0.1, 0.15) is 0 Å². The Morgan fingerprint density at radius 3 is 3.00 bits per heavy atom. The van der Waals surface area contributed by atoms with Crippen LogP contribution in [0.2, 0.25) is 0 Å². The van der Waals surface area contributed by atoms with Crippen LogP contribution in [0.3, 0.4) is 0 Å². The summed E-state index contributed by atoms with van der Waals surface area (Å²) in [6, 6.07) is 3.49. The molecule has 0 atom stereocenters. The van der Waals surface area contributed by atoms with Crippen molar-refractivity contribution in [3.63, 3.8) is 0 Å². The zero-order valence-electron chi connectivity index (χ0n) is 5.15. The predicted octanol–water partition coefficient (Wildman–Crippen LogP) is -0.436. The third kappa shape index (κ3) is 0.452. The van der Waals surface area contributed by atoms with E-state index >= 15 is 0 Å². The molecule has 0 amide bonds. The largest absolute Gasteiger partial charge is 0.491 e. The molecule has 0 radical (unpaired) electrons. The third-order valence-corrected chi connectivity index (χ3v) is 1.39. The standard InChI is InChI=1S/C6H5N3O/c1-4-2-3-5-6(10)7-8-9(4)5/h2-3,10H,1H2. The fourth-order valence-electron chi connectivity index (χ4n) is 0.884. The first-order chi connectivity index (χ1) is 4.79. The molecule has 4 heteroatoms. The fourth-order valence-corrected chi connectivity index (χ4v) is 0.884. The van der Waals surface area contributed by atoms with Crippen molar-refractivity contribution in [1.29, 1.82) is 0 Å². The first-order valence-electron chi connectivity index (χ1n) is 2.81. The SMILES string of the molecule is C=c1ccc2c(O)nnn12. The Kier molecular flexibility index (Phi) is 0.768. The molecule has 1 N–H and O–H groups in total. The normalized spacial score (nSPS) is 10.8. The van der Waals surface area contributed by atoms with Gasteiger partial charge in [0.15, 0.2) is 0 Å². The van der Waals surface area contributed by atoms with Crippen molar-refractivity contribution in [2.45, 2.75) is 0 Å². The van der Waals surface area contributed by atoms with Crippen molar-refractivity contribution in [2.24, 2.45) is 0 Å². The highest BCUT2D eigenvalue weighted by atomic mass is 16.3. The van der Waals surface area contributed by atoms with Crippen LogP contribution in [0, 0.1) is 0 Å². The summed E-state index contributed by atoms with van der Waals surface area (Å²) < 4.78 is 1.48. The van der Waals surface area contributed by atoms with E-state index in [1.807, 2.05) is 0 Å². The molecule has 0 fully saturated rings. The van der Waals surface area contributed by atoms with E-state index in [-0.39, 0.29) is 5.88 Å². The minimum atomic E-state index is -0.0464. The third-order valence-electron chi connectivity index (χ3n) is 1.39. The lowest BCUT2D eigenvalue weighted by Gasteiger charge is -1.76. The highest BCUT2D eigenvalue weighted by molar-refractivity contribution is 5.55. The van der Waals surface area contributed by atoms with Crippen LogP contribution in [0.15, 0.2) is 12.1 Å². The van der Waals surface area contributed by atoms with E-state index in [2.05, 4.69) is 16.9 Å². The van der Waals surface area contributed by atoms with Crippen LogP contribution >= 0.6 is 0 Å². The molecule has 2 aromatic heterocycles. The Balaban J connectivity index is 3.09. The van der Waals surface area contributed by atoms with Crippen LogP contribution in [0.4, 0.5) is 0 Å². The molecule has 0 aliphatic rings. The van der Waals surface area contributed by atoms with Gasteiger partial charge in [0.2, 0.25) is 0 Å². The summed E-state index contributed by atoms with van der Waals surface area (Å²) in [4.78, 5) is 0. The van der Waals surface area contributed by atoms with E-state index < -0.39 is 0 Å². The van der Waals surface area contributed by atoms with Crippen LogP contribution in [0.25, 0.3) is 12.1 Å².